The molecule has 1 aromatic heterocycles. The van der Waals surface area contributed by atoms with E-state index in [4.69, 9.17) is 0 Å². The van der Waals surface area contributed by atoms with Crippen LogP contribution in [0.3, 0.4) is 0 Å². The summed E-state index contributed by atoms with van der Waals surface area (Å²) in [5.74, 6) is 0.149. The van der Waals surface area contributed by atoms with Gasteiger partial charge in [0.25, 0.3) is 5.91 Å². The zero-order chi connectivity index (χ0) is 20.2. The Labute approximate surface area is 170 Å². The van der Waals surface area contributed by atoms with Gasteiger partial charge in [0.2, 0.25) is 0 Å². The number of hydrogen-bond donors (Lipinski definition) is 2. The Morgan fingerprint density at radius 2 is 1.93 bits per heavy atom. The van der Waals surface area contributed by atoms with Crippen LogP contribution in [0.1, 0.15) is 55.9 Å². The van der Waals surface area contributed by atoms with Gasteiger partial charge in [-0.3, -0.25) is 4.79 Å². The van der Waals surface area contributed by atoms with Gasteiger partial charge < -0.3 is 4.98 Å². The van der Waals surface area contributed by atoms with Crippen LogP contribution >= 0.6 is 0 Å². The monoisotopic (exact) mass is 391 g/mol. The van der Waals surface area contributed by atoms with E-state index in [0.717, 1.165) is 48.4 Å². The van der Waals surface area contributed by atoms with Crippen molar-refractivity contribution in [3.8, 4) is 11.1 Å². The van der Waals surface area contributed by atoms with Crippen LogP contribution in [0.15, 0.2) is 53.6 Å². The first-order chi connectivity index (χ1) is 14.2. The minimum absolute atomic E-state index is 0.302. The Hall–Kier alpha value is -2.95. The molecule has 0 unspecified atom stereocenters. The molecule has 1 aliphatic rings. The number of rotatable bonds is 5. The Morgan fingerprint density at radius 1 is 1.17 bits per heavy atom. The van der Waals surface area contributed by atoms with Crippen LogP contribution in [0.4, 0.5) is 4.39 Å². The van der Waals surface area contributed by atoms with Gasteiger partial charge in [-0.2, -0.15) is 5.10 Å². The average molecular weight is 391 g/mol. The Balaban J connectivity index is 1.60. The first-order valence-corrected chi connectivity index (χ1v) is 10.4. The van der Waals surface area contributed by atoms with Gasteiger partial charge in [0.1, 0.15) is 11.5 Å². The number of amides is 1. The molecule has 1 heterocycles. The van der Waals surface area contributed by atoms with Crippen LogP contribution in [0.5, 0.6) is 0 Å². The number of aromatic nitrogens is 1. The number of fused-ring (bicyclic) bond motifs is 1. The van der Waals surface area contributed by atoms with Gasteiger partial charge in [0.15, 0.2) is 0 Å². The van der Waals surface area contributed by atoms with Gasteiger partial charge in [0, 0.05) is 22.2 Å². The van der Waals surface area contributed by atoms with Crippen molar-refractivity contribution in [1.29, 1.82) is 0 Å². The predicted molar refractivity (Wildman–Crippen MR) is 115 cm³/mol. The number of hydrogen-bond acceptors (Lipinski definition) is 2. The normalized spacial score (nSPS) is 16.8. The molecular formula is C24H26FN3O. The zero-order valence-corrected chi connectivity index (χ0v) is 16.7. The minimum atomic E-state index is -0.329. The molecule has 0 radical (unpaired) electrons. The number of nitrogens with zero attached hydrogens (tertiary/aromatic N) is 1. The van der Waals surface area contributed by atoms with Gasteiger partial charge in [-0.05, 0) is 55.4 Å². The first kappa shape index (κ1) is 19.4. The lowest BCUT2D eigenvalue weighted by molar-refractivity contribution is 0.0951. The Kier molecular flexibility index (Phi) is 5.74. The number of nitrogens with one attached hydrogen (secondary N) is 2. The summed E-state index contributed by atoms with van der Waals surface area (Å²) in [5, 5.41) is 5.09. The summed E-state index contributed by atoms with van der Waals surface area (Å²) in [5.41, 5.74) is 6.47. The fourth-order valence-electron chi connectivity index (χ4n) is 4.24. The van der Waals surface area contributed by atoms with Gasteiger partial charge in [-0.15, -0.1) is 0 Å². The number of carbonyl (C=O) groups is 1. The number of benzene rings is 2. The van der Waals surface area contributed by atoms with E-state index in [1.165, 1.54) is 25.0 Å². The van der Waals surface area contributed by atoms with Crippen molar-refractivity contribution in [1.82, 2.24) is 10.4 Å². The molecule has 0 aliphatic heterocycles. The third-order valence-corrected chi connectivity index (χ3v) is 5.74. The molecule has 150 valence electrons. The molecule has 2 aromatic carbocycles. The third kappa shape index (κ3) is 4.24. The van der Waals surface area contributed by atoms with Crippen LogP contribution in [0, 0.1) is 11.7 Å². The number of carbonyl (C=O) groups excluding carboxylic acids is 1. The molecule has 1 aliphatic carbocycles. The molecule has 0 bridgehead atoms. The molecule has 0 atom stereocenters. The van der Waals surface area contributed by atoms with Crippen molar-refractivity contribution in [2.24, 2.45) is 11.0 Å². The molecule has 1 amide bonds. The van der Waals surface area contributed by atoms with E-state index < -0.39 is 0 Å². The van der Waals surface area contributed by atoms with Crippen molar-refractivity contribution in [2.45, 2.75) is 45.4 Å². The van der Waals surface area contributed by atoms with Gasteiger partial charge in [-0.1, -0.05) is 50.1 Å². The van der Waals surface area contributed by atoms with Crippen molar-refractivity contribution in [2.75, 3.05) is 0 Å². The lowest BCUT2D eigenvalue weighted by atomic mass is 9.85. The summed E-state index contributed by atoms with van der Waals surface area (Å²) in [6.45, 7) is 2.22. The maximum Gasteiger partial charge on any atom is 0.288 e. The van der Waals surface area contributed by atoms with E-state index in [2.05, 4.69) is 22.4 Å². The van der Waals surface area contributed by atoms with E-state index in [9.17, 15) is 9.18 Å². The van der Waals surface area contributed by atoms with E-state index >= 15 is 0 Å². The second-order valence-corrected chi connectivity index (χ2v) is 7.78. The standard InChI is InChI=1S/C24H26FN3O/c1-2-6-16-9-12-19(13-10-16)27-28-24(29)23-22(17-7-4-3-5-8-17)20-15-18(25)11-14-21(20)26-23/h3-5,7-8,11,14-16,26H,2,6,9-10,12-13H2,1H3,(H,28,29). The smallest absolute Gasteiger partial charge is 0.288 e. The summed E-state index contributed by atoms with van der Waals surface area (Å²) in [6, 6.07) is 14.1. The van der Waals surface area contributed by atoms with Crippen LogP contribution in [-0.2, 0) is 0 Å². The highest BCUT2D eigenvalue weighted by Crippen LogP contribution is 2.33. The number of H-pyrrole nitrogens is 1. The topological polar surface area (TPSA) is 57.2 Å². The molecule has 3 aromatic rings. The average Bonchev–Trinajstić information content (AvgIpc) is 3.12. The Bertz CT molecular complexity index is 1030. The van der Waals surface area contributed by atoms with Crippen LogP contribution in [-0.4, -0.2) is 16.6 Å². The summed E-state index contributed by atoms with van der Waals surface area (Å²) in [4.78, 5) is 16.1. The minimum Gasteiger partial charge on any atom is -0.350 e. The highest BCUT2D eigenvalue weighted by Gasteiger charge is 2.21. The highest BCUT2D eigenvalue weighted by molar-refractivity contribution is 6.09. The number of hydrazone groups is 1. The maximum atomic E-state index is 13.9. The third-order valence-electron chi connectivity index (χ3n) is 5.74. The molecule has 4 rings (SSSR count). The van der Waals surface area contributed by atoms with E-state index in [1.807, 2.05) is 30.3 Å². The molecule has 5 heteroatoms. The largest absolute Gasteiger partial charge is 0.350 e. The lowest BCUT2D eigenvalue weighted by Gasteiger charge is -2.22. The number of aromatic amines is 1. The van der Waals surface area contributed by atoms with Gasteiger partial charge >= 0.3 is 0 Å². The summed E-state index contributed by atoms with van der Waals surface area (Å²) < 4.78 is 13.9. The number of halogens is 1. The molecule has 0 spiro atoms. The molecule has 1 fully saturated rings. The first-order valence-electron chi connectivity index (χ1n) is 10.4. The molecule has 1 saturated carbocycles. The summed E-state index contributed by atoms with van der Waals surface area (Å²) in [6.07, 6.45) is 6.65. The maximum absolute atomic E-state index is 13.9. The quantitative estimate of drug-likeness (QED) is 0.511. The van der Waals surface area contributed by atoms with Crippen LogP contribution in [0.25, 0.3) is 22.0 Å². The fourth-order valence-corrected chi connectivity index (χ4v) is 4.24. The van der Waals surface area contributed by atoms with Crippen molar-refractivity contribution >= 4 is 22.5 Å². The lowest BCUT2D eigenvalue weighted by Crippen LogP contribution is -2.23. The van der Waals surface area contributed by atoms with Crippen LogP contribution in [0.2, 0.25) is 0 Å². The second kappa shape index (κ2) is 8.60. The molecular weight excluding hydrogens is 365 g/mol. The van der Waals surface area contributed by atoms with Crippen LogP contribution < -0.4 is 5.43 Å². The van der Waals surface area contributed by atoms with E-state index in [1.54, 1.807) is 6.07 Å². The van der Waals surface area contributed by atoms with E-state index in [-0.39, 0.29) is 11.7 Å². The zero-order valence-electron chi connectivity index (χ0n) is 16.7. The van der Waals surface area contributed by atoms with E-state index in [0.29, 0.717) is 16.6 Å². The molecule has 4 nitrogen and oxygen atoms in total. The molecule has 29 heavy (non-hydrogen) atoms. The van der Waals surface area contributed by atoms with Crippen molar-refractivity contribution in [3.05, 3.63) is 60.0 Å². The molecule has 2 N–H and O–H groups in total. The Morgan fingerprint density at radius 3 is 2.66 bits per heavy atom. The van der Waals surface area contributed by atoms with Crippen molar-refractivity contribution in [3.63, 3.8) is 0 Å². The van der Waals surface area contributed by atoms with Gasteiger partial charge in [-0.25, -0.2) is 9.82 Å². The summed E-state index contributed by atoms with van der Waals surface area (Å²) >= 11 is 0. The van der Waals surface area contributed by atoms with Gasteiger partial charge in [0.05, 0.1) is 0 Å². The summed E-state index contributed by atoms with van der Waals surface area (Å²) in [7, 11) is 0. The highest BCUT2D eigenvalue weighted by atomic mass is 19.1. The molecule has 0 saturated heterocycles. The second-order valence-electron chi connectivity index (χ2n) is 7.78. The predicted octanol–water partition coefficient (Wildman–Crippen LogP) is 6.05. The fraction of sp³-hybridized carbons (Fsp3) is 0.333. The van der Waals surface area contributed by atoms with Crippen molar-refractivity contribution < 1.29 is 9.18 Å². The SMILES string of the molecule is CCCC1CCC(=NNC(=O)c2[nH]c3ccc(F)cc3c2-c2ccccc2)CC1.